The van der Waals surface area contributed by atoms with Gasteiger partial charge in [0.05, 0.1) is 4.32 Å². The van der Waals surface area contributed by atoms with E-state index in [9.17, 15) is 0 Å². The molecule has 0 bridgehead atoms. The monoisotopic (exact) mass is 199 g/mol. The molecule has 0 aliphatic heterocycles. The highest BCUT2D eigenvalue weighted by Crippen LogP contribution is 2.22. The van der Waals surface area contributed by atoms with Gasteiger partial charge in [-0.1, -0.05) is 34.2 Å². The summed E-state index contributed by atoms with van der Waals surface area (Å²) < 4.78 is -0.0371. The van der Waals surface area contributed by atoms with Gasteiger partial charge < -0.3 is 5.73 Å². The molecule has 0 saturated carbocycles. The van der Waals surface area contributed by atoms with E-state index in [0.717, 1.165) is 5.70 Å². The maximum absolute atomic E-state index is 5.56. The van der Waals surface area contributed by atoms with Crippen molar-refractivity contribution >= 4 is 15.9 Å². The minimum Gasteiger partial charge on any atom is -0.399 e. The van der Waals surface area contributed by atoms with Gasteiger partial charge in [0, 0.05) is 5.70 Å². The third-order valence-electron chi connectivity index (χ3n) is 1.31. The number of hydrogen-bond donors (Lipinski definition) is 1. The van der Waals surface area contributed by atoms with Crippen molar-refractivity contribution in [3.8, 4) is 0 Å². The first-order valence-corrected chi connectivity index (χ1v) is 3.93. The highest BCUT2D eigenvalue weighted by atomic mass is 79.9. The molecule has 0 spiro atoms. The molecule has 0 fully saturated rings. The molecule has 1 rings (SSSR count). The maximum Gasteiger partial charge on any atom is 0.0595 e. The fraction of sp³-hybridized carbons (Fsp3) is 0.250. The van der Waals surface area contributed by atoms with Crippen LogP contribution in [0.3, 0.4) is 0 Å². The standard InChI is InChI=1S/C8H10BrN/c1-8(9)5-2-3-7(10)4-6-8/h2-6H,10H2,1H3. The zero-order valence-corrected chi connectivity index (χ0v) is 7.43. The van der Waals surface area contributed by atoms with Gasteiger partial charge in [-0.05, 0) is 19.1 Å². The fourth-order valence-electron chi connectivity index (χ4n) is 0.718. The SMILES string of the molecule is CC1(Br)C=CC=C(N)C=C1. The lowest BCUT2D eigenvalue weighted by Crippen LogP contribution is -2.05. The van der Waals surface area contributed by atoms with E-state index >= 15 is 0 Å². The molecule has 10 heavy (non-hydrogen) atoms. The average molecular weight is 200 g/mol. The van der Waals surface area contributed by atoms with E-state index in [-0.39, 0.29) is 4.32 Å². The predicted molar refractivity (Wildman–Crippen MR) is 47.9 cm³/mol. The van der Waals surface area contributed by atoms with Crippen LogP contribution in [0.2, 0.25) is 0 Å². The highest BCUT2D eigenvalue weighted by Gasteiger charge is 2.11. The van der Waals surface area contributed by atoms with Crippen LogP contribution in [0.5, 0.6) is 0 Å². The zero-order chi connectivity index (χ0) is 7.61. The number of rotatable bonds is 0. The van der Waals surface area contributed by atoms with Crippen LogP contribution >= 0.6 is 15.9 Å². The second-order valence-corrected chi connectivity index (χ2v) is 4.22. The second kappa shape index (κ2) is 2.62. The Kier molecular flexibility index (Phi) is 2.00. The first-order valence-electron chi connectivity index (χ1n) is 3.13. The largest absolute Gasteiger partial charge is 0.399 e. The lowest BCUT2D eigenvalue weighted by atomic mass is 10.1. The highest BCUT2D eigenvalue weighted by molar-refractivity contribution is 9.10. The molecule has 0 heterocycles. The van der Waals surface area contributed by atoms with Crippen molar-refractivity contribution < 1.29 is 0 Å². The van der Waals surface area contributed by atoms with Gasteiger partial charge in [0.25, 0.3) is 0 Å². The van der Waals surface area contributed by atoms with Crippen LogP contribution in [0.1, 0.15) is 6.92 Å². The topological polar surface area (TPSA) is 26.0 Å². The summed E-state index contributed by atoms with van der Waals surface area (Å²) in [5.74, 6) is 0. The summed E-state index contributed by atoms with van der Waals surface area (Å²) in [4.78, 5) is 0. The Labute approximate surface area is 69.4 Å². The van der Waals surface area contributed by atoms with E-state index in [4.69, 9.17) is 5.73 Å². The molecule has 2 heteroatoms. The fourth-order valence-corrected chi connectivity index (χ4v) is 1.00. The lowest BCUT2D eigenvalue weighted by molar-refractivity contribution is 1.03. The van der Waals surface area contributed by atoms with E-state index in [1.807, 2.05) is 30.4 Å². The van der Waals surface area contributed by atoms with Crippen LogP contribution in [0.25, 0.3) is 0 Å². The number of halogens is 1. The van der Waals surface area contributed by atoms with Crippen molar-refractivity contribution in [2.24, 2.45) is 5.73 Å². The van der Waals surface area contributed by atoms with E-state index in [2.05, 4.69) is 22.9 Å². The summed E-state index contributed by atoms with van der Waals surface area (Å²) in [6, 6.07) is 0. The number of hydrogen-bond acceptors (Lipinski definition) is 1. The summed E-state index contributed by atoms with van der Waals surface area (Å²) in [5.41, 5.74) is 6.35. The van der Waals surface area contributed by atoms with Gasteiger partial charge in [0.2, 0.25) is 0 Å². The van der Waals surface area contributed by atoms with Crippen LogP contribution in [-0.4, -0.2) is 4.32 Å². The molecule has 0 aromatic carbocycles. The smallest absolute Gasteiger partial charge is 0.0595 e. The number of allylic oxidation sites excluding steroid dienone is 5. The van der Waals surface area contributed by atoms with Gasteiger partial charge in [-0.15, -0.1) is 0 Å². The summed E-state index contributed by atoms with van der Waals surface area (Å²) in [5, 5.41) is 0. The quantitative estimate of drug-likeness (QED) is 0.595. The van der Waals surface area contributed by atoms with Gasteiger partial charge in [-0.3, -0.25) is 0 Å². The Morgan fingerprint density at radius 1 is 1.50 bits per heavy atom. The minimum atomic E-state index is -0.0371. The molecule has 0 saturated heterocycles. The summed E-state index contributed by atoms with van der Waals surface area (Å²) in [7, 11) is 0. The Morgan fingerprint density at radius 3 is 2.90 bits per heavy atom. The molecule has 0 amide bonds. The number of nitrogens with two attached hydrogens (primary N) is 1. The summed E-state index contributed by atoms with van der Waals surface area (Å²) in [6.07, 6.45) is 9.79. The molecule has 54 valence electrons. The minimum absolute atomic E-state index is 0.0371. The van der Waals surface area contributed by atoms with Crippen LogP contribution in [0.15, 0.2) is 36.1 Å². The molecule has 1 unspecified atom stereocenters. The third kappa shape index (κ3) is 2.03. The summed E-state index contributed by atoms with van der Waals surface area (Å²) in [6.45, 7) is 2.06. The van der Waals surface area contributed by atoms with E-state index in [0.29, 0.717) is 0 Å². The predicted octanol–water partition coefficient (Wildman–Crippen LogP) is 2.11. The molecule has 1 aliphatic carbocycles. The molecule has 1 nitrogen and oxygen atoms in total. The number of alkyl halides is 1. The van der Waals surface area contributed by atoms with Crippen molar-refractivity contribution in [3.05, 3.63) is 36.1 Å². The molecular weight excluding hydrogens is 190 g/mol. The summed E-state index contributed by atoms with van der Waals surface area (Å²) >= 11 is 3.51. The van der Waals surface area contributed by atoms with Gasteiger partial charge >= 0.3 is 0 Å². The maximum atomic E-state index is 5.56. The van der Waals surface area contributed by atoms with Gasteiger partial charge in [-0.25, -0.2) is 0 Å². The van der Waals surface area contributed by atoms with E-state index < -0.39 is 0 Å². The molecule has 1 atom stereocenters. The third-order valence-corrected chi connectivity index (χ3v) is 1.84. The molecular formula is C8H10BrN. The van der Waals surface area contributed by atoms with Crippen LogP contribution in [0.4, 0.5) is 0 Å². The van der Waals surface area contributed by atoms with Gasteiger partial charge in [-0.2, -0.15) is 0 Å². The molecule has 2 N–H and O–H groups in total. The first-order chi connectivity index (χ1) is 4.60. The van der Waals surface area contributed by atoms with Crippen molar-refractivity contribution in [2.45, 2.75) is 11.2 Å². The van der Waals surface area contributed by atoms with E-state index in [1.54, 1.807) is 0 Å². The van der Waals surface area contributed by atoms with Gasteiger partial charge in [0.15, 0.2) is 0 Å². The zero-order valence-electron chi connectivity index (χ0n) is 5.84. The molecule has 0 aromatic heterocycles. The van der Waals surface area contributed by atoms with Crippen LogP contribution in [0, 0.1) is 0 Å². The average Bonchev–Trinajstić information content (AvgIpc) is 1.94. The Bertz CT molecular complexity index is 211. The van der Waals surface area contributed by atoms with Crippen molar-refractivity contribution in [1.29, 1.82) is 0 Å². The Morgan fingerprint density at radius 2 is 2.20 bits per heavy atom. The van der Waals surface area contributed by atoms with Crippen molar-refractivity contribution in [1.82, 2.24) is 0 Å². The van der Waals surface area contributed by atoms with Crippen molar-refractivity contribution in [3.63, 3.8) is 0 Å². The Hall–Kier alpha value is -0.500. The van der Waals surface area contributed by atoms with E-state index in [1.165, 1.54) is 0 Å². The van der Waals surface area contributed by atoms with Crippen LogP contribution in [-0.2, 0) is 0 Å². The van der Waals surface area contributed by atoms with Crippen LogP contribution < -0.4 is 5.73 Å². The van der Waals surface area contributed by atoms with Gasteiger partial charge in [0.1, 0.15) is 0 Å². The first kappa shape index (κ1) is 7.61. The lowest BCUT2D eigenvalue weighted by Gasteiger charge is -2.09. The van der Waals surface area contributed by atoms with Crippen molar-refractivity contribution in [2.75, 3.05) is 0 Å². The Balaban J connectivity index is 2.88. The molecule has 0 aromatic rings. The molecule has 0 radical (unpaired) electrons. The second-order valence-electron chi connectivity index (χ2n) is 2.51. The normalized spacial score (nSPS) is 31.6. The molecule has 1 aliphatic rings.